The molecule has 2 atom stereocenters. The number of carbonyl (C=O) groups is 2. The fraction of sp³-hybridized carbons (Fsp3) is 0.158. The summed E-state index contributed by atoms with van der Waals surface area (Å²) in [6.45, 7) is 0. The molecule has 5 rings (SSSR count). The Morgan fingerprint density at radius 1 is 0.870 bits per heavy atom. The Balaban J connectivity index is 1.90. The number of allylic oxidation sites excluding steroid dienone is 2. The lowest BCUT2D eigenvalue weighted by atomic mass is 9.88. The van der Waals surface area contributed by atoms with E-state index in [2.05, 4.69) is 44.0 Å². The van der Waals surface area contributed by atoms with E-state index in [9.17, 15) is 9.59 Å². The predicted molar refractivity (Wildman–Crippen MR) is 94.8 cm³/mol. The van der Waals surface area contributed by atoms with Crippen LogP contribution in [0.25, 0.3) is 11.1 Å². The third kappa shape index (κ3) is 1.30. The number of halogens is 2. The molecule has 0 saturated heterocycles. The monoisotopic (exact) mass is 428 g/mol. The van der Waals surface area contributed by atoms with Crippen LogP contribution >= 0.6 is 31.9 Å². The van der Waals surface area contributed by atoms with Crippen molar-refractivity contribution in [2.45, 2.75) is 9.74 Å². The van der Waals surface area contributed by atoms with Gasteiger partial charge in [0.1, 0.15) is 4.32 Å². The van der Waals surface area contributed by atoms with Gasteiger partial charge in [-0.1, -0.05) is 64.5 Å². The van der Waals surface area contributed by atoms with Crippen molar-refractivity contribution >= 4 is 43.4 Å². The molecule has 2 aromatic carbocycles. The number of hydrogen-bond donors (Lipinski definition) is 0. The molecule has 3 aliphatic carbocycles. The summed E-state index contributed by atoms with van der Waals surface area (Å²) in [7, 11) is 0. The first-order valence-corrected chi connectivity index (χ1v) is 8.97. The number of alkyl halides is 1. The highest BCUT2D eigenvalue weighted by Crippen LogP contribution is 2.77. The molecule has 3 aliphatic rings. The summed E-state index contributed by atoms with van der Waals surface area (Å²) in [5.41, 5.74) is 3.78. The van der Waals surface area contributed by atoms with E-state index >= 15 is 0 Å². The molecule has 4 heteroatoms. The van der Waals surface area contributed by atoms with E-state index in [-0.39, 0.29) is 11.6 Å². The summed E-state index contributed by atoms with van der Waals surface area (Å²) in [4.78, 5) is 25.6. The molecule has 0 amide bonds. The van der Waals surface area contributed by atoms with Gasteiger partial charge in [0.15, 0.2) is 11.6 Å². The van der Waals surface area contributed by atoms with Gasteiger partial charge in [0.05, 0.1) is 15.8 Å². The average molecular weight is 430 g/mol. The predicted octanol–water partition coefficient (Wildman–Crippen LogP) is 4.15. The van der Waals surface area contributed by atoms with Crippen molar-refractivity contribution < 1.29 is 9.59 Å². The lowest BCUT2D eigenvalue weighted by Crippen LogP contribution is -2.27. The molecule has 0 aromatic heterocycles. The lowest BCUT2D eigenvalue weighted by Gasteiger charge is -2.16. The van der Waals surface area contributed by atoms with Crippen molar-refractivity contribution in [3.8, 4) is 11.1 Å². The number of rotatable bonds is 0. The highest BCUT2D eigenvalue weighted by Gasteiger charge is 2.85. The van der Waals surface area contributed by atoms with Crippen LogP contribution in [-0.4, -0.2) is 15.9 Å². The van der Waals surface area contributed by atoms with Crippen molar-refractivity contribution in [1.29, 1.82) is 0 Å². The van der Waals surface area contributed by atoms with E-state index in [0.29, 0.717) is 4.48 Å². The van der Waals surface area contributed by atoms with E-state index in [0.717, 1.165) is 22.3 Å². The van der Waals surface area contributed by atoms with Crippen LogP contribution in [0.5, 0.6) is 0 Å². The fourth-order valence-electron chi connectivity index (χ4n) is 4.55. The number of hydrogen-bond acceptors (Lipinski definition) is 2. The molecule has 0 heterocycles. The van der Waals surface area contributed by atoms with Gasteiger partial charge >= 0.3 is 0 Å². The second kappa shape index (κ2) is 4.11. The maximum Gasteiger partial charge on any atom is 0.176 e. The standard InChI is InChI=1S/C19H10Br2O2/c20-14-9-15(22)19(21)17(16(14)23)18(19)12-7-3-1-5-10(12)11-6-2-4-8-13(11)18/h1-9,17H. The van der Waals surface area contributed by atoms with Crippen LogP contribution < -0.4 is 0 Å². The zero-order chi connectivity index (χ0) is 16.0. The van der Waals surface area contributed by atoms with Crippen LogP contribution in [0.2, 0.25) is 0 Å². The van der Waals surface area contributed by atoms with E-state index < -0.39 is 15.7 Å². The smallest absolute Gasteiger partial charge is 0.176 e. The summed E-state index contributed by atoms with van der Waals surface area (Å²) in [6.07, 6.45) is 1.42. The largest absolute Gasteiger partial charge is 0.293 e. The summed E-state index contributed by atoms with van der Waals surface area (Å²) in [6, 6.07) is 16.2. The van der Waals surface area contributed by atoms with Crippen LogP contribution in [0.4, 0.5) is 0 Å². The number of Topliss-reactive ketones (excluding diaryl/α,β-unsaturated/α-hetero) is 1. The minimum Gasteiger partial charge on any atom is -0.293 e. The maximum atomic E-state index is 12.8. The van der Waals surface area contributed by atoms with E-state index in [1.807, 2.05) is 36.4 Å². The van der Waals surface area contributed by atoms with Gasteiger partial charge in [-0.2, -0.15) is 0 Å². The Morgan fingerprint density at radius 2 is 1.39 bits per heavy atom. The zero-order valence-electron chi connectivity index (χ0n) is 11.8. The fourth-order valence-corrected chi connectivity index (χ4v) is 6.20. The summed E-state index contributed by atoms with van der Waals surface area (Å²) >= 11 is 6.95. The molecule has 0 radical (unpaired) electrons. The molecule has 112 valence electrons. The van der Waals surface area contributed by atoms with E-state index in [1.165, 1.54) is 6.08 Å². The van der Waals surface area contributed by atoms with Gasteiger partial charge in [0.25, 0.3) is 0 Å². The Labute approximate surface area is 149 Å². The molecule has 0 aliphatic heterocycles. The van der Waals surface area contributed by atoms with Gasteiger partial charge in [0.2, 0.25) is 0 Å². The first-order valence-electron chi connectivity index (χ1n) is 7.38. The molecule has 1 saturated carbocycles. The van der Waals surface area contributed by atoms with E-state index in [1.54, 1.807) is 0 Å². The normalized spacial score (nSPS) is 29.0. The third-order valence-electron chi connectivity index (χ3n) is 5.43. The van der Waals surface area contributed by atoms with Crippen LogP contribution in [-0.2, 0) is 15.0 Å². The number of carbonyl (C=O) groups excluding carboxylic acids is 2. The molecular formula is C19H10Br2O2. The van der Waals surface area contributed by atoms with Gasteiger partial charge in [-0.3, -0.25) is 9.59 Å². The van der Waals surface area contributed by atoms with E-state index in [4.69, 9.17) is 0 Å². The average Bonchev–Trinajstić information content (AvgIpc) is 3.03. The first-order chi connectivity index (χ1) is 11.0. The summed E-state index contributed by atoms with van der Waals surface area (Å²) < 4.78 is -0.488. The van der Waals surface area contributed by atoms with Crippen molar-refractivity contribution in [2.75, 3.05) is 0 Å². The Morgan fingerprint density at radius 3 is 1.96 bits per heavy atom. The second-order valence-corrected chi connectivity index (χ2v) is 8.37. The minimum atomic E-state index is -0.864. The van der Waals surface area contributed by atoms with Crippen LogP contribution in [0.1, 0.15) is 11.1 Å². The highest BCUT2D eigenvalue weighted by atomic mass is 79.9. The summed E-state index contributed by atoms with van der Waals surface area (Å²) in [5, 5.41) is 0. The Hall–Kier alpha value is -1.52. The molecule has 0 N–H and O–H groups in total. The highest BCUT2D eigenvalue weighted by molar-refractivity contribution is 9.12. The molecule has 2 aromatic rings. The summed E-state index contributed by atoms with van der Waals surface area (Å²) in [5.74, 6) is -0.444. The van der Waals surface area contributed by atoms with Crippen molar-refractivity contribution in [3.63, 3.8) is 0 Å². The molecule has 1 spiro atoms. The van der Waals surface area contributed by atoms with Crippen LogP contribution in [0, 0.1) is 5.92 Å². The SMILES string of the molecule is O=C1C(Br)=CC(=O)C2(Br)C1C21c2ccccc2-c2ccccc21. The Kier molecular flexibility index (Phi) is 2.48. The van der Waals surface area contributed by atoms with Gasteiger partial charge in [-0.15, -0.1) is 0 Å². The number of fused-ring (bicyclic) bond motifs is 8. The second-order valence-electron chi connectivity index (χ2n) is 6.26. The zero-order valence-corrected chi connectivity index (χ0v) is 15.0. The topological polar surface area (TPSA) is 34.1 Å². The number of benzene rings is 2. The molecule has 0 bridgehead atoms. The van der Waals surface area contributed by atoms with Crippen molar-refractivity contribution in [2.24, 2.45) is 5.92 Å². The third-order valence-corrected chi connectivity index (χ3v) is 7.52. The van der Waals surface area contributed by atoms with Crippen molar-refractivity contribution in [1.82, 2.24) is 0 Å². The quantitative estimate of drug-likeness (QED) is 0.589. The minimum absolute atomic E-state index is 0.00650. The van der Waals surface area contributed by atoms with Gasteiger partial charge in [-0.05, 0) is 38.2 Å². The molecule has 1 fully saturated rings. The van der Waals surface area contributed by atoms with Gasteiger partial charge in [0, 0.05) is 6.08 Å². The Bertz CT molecular complexity index is 914. The van der Waals surface area contributed by atoms with Gasteiger partial charge in [-0.25, -0.2) is 0 Å². The molecule has 2 nitrogen and oxygen atoms in total. The molecule has 23 heavy (non-hydrogen) atoms. The lowest BCUT2D eigenvalue weighted by molar-refractivity contribution is -0.121. The maximum absolute atomic E-state index is 12.8. The first kappa shape index (κ1) is 13.9. The molecular weight excluding hydrogens is 420 g/mol. The molecule has 2 unspecified atom stereocenters. The van der Waals surface area contributed by atoms with Gasteiger partial charge < -0.3 is 0 Å². The number of ketones is 2. The van der Waals surface area contributed by atoms with Crippen LogP contribution in [0.15, 0.2) is 59.1 Å². The van der Waals surface area contributed by atoms with Crippen molar-refractivity contribution in [3.05, 3.63) is 70.2 Å². The van der Waals surface area contributed by atoms with Crippen LogP contribution in [0.3, 0.4) is 0 Å².